The summed E-state index contributed by atoms with van der Waals surface area (Å²) in [4.78, 5) is 35.1. The summed E-state index contributed by atoms with van der Waals surface area (Å²) < 4.78 is 5.21. The normalized spacial score (nSPS) is 12.4. The molecule has 0 fully saturated rings. The van der Waals surface area contributed by atoms with E-state index >= 15 is 0 Å². The van der Waals surface area contributed by atoms with Crippen molar-refractivity contribution >= 4 is 23.3 Å². The van der Waals surface area contributed by atoms with Crippen LogP contribution in [0.2, 0.25) is 0 Å². The van der Waals surface area contributed by atoms with Gasteiger partial charge in [0.2, 0.25) is 5.91 Å². The number of hydrogen-bond donors (Lipinski definition) is 2. The van der Waals surface area contributed by atoms with Crippen LogP contribution in [0.15, 0.2) is 61.1 Å². The van der Waals surface area contributed by atoms with E-state index < -0.39 is 0 Å². The molecule has 0 bridgehead atoms. The molecule has 8 nitrogen and oxygen atoms in total. The van der Waals surface area contributed by atoms with Gasteiger partial charge in [-0.05, 0) is 41.5 Å². The molecule has 0 aliphatic carbocycles. The molecule has 4 rings (SSSR count). The molecule has 0 spiro atoms. The second-order valence-electron chi connectivity index (χ2n) is 6.89. The van der Waals surface area contributed by atoms with Gasteiger partial charge in [-0.15, -0.1) is 0 Å². The second kappa shape index (κ2) is 8.60. The summed E-state index contributed by atoms with van der Waals surface area (Å²) in [6.45, 7) is 0.987. The molecular weight excluding hydrogens is 382 g/mol. The predicted molar refractivity (Wildman–Crippen MR) is 112 cm³/mol. The van der Waals surface area contributed by atoms with E-state index in [9.17, 15) is 9.59 Å². The first-order valence-corrected chi connectivity index (χ1v) is 9.47. The summed E-state index contributed by atoms with van der Waals surface area (Å²) in [5, 5.41) is 5.68. The fourth-order valence-electron chi connectivity index (χ4n) is 3.22. The highest BCUT2D eigenvalue weighted by molar-refractivity contribution is 6.02. The Morgan fingerprint density at radius 2 is 1.80 bits per heavy atom. The zero-order valence-electron chi connectivity index (χ0n) is 16.5. The summed E-state index contributed by atoms with van der Waals surface area (Å²) in [6, 6.07) is 13.0. The van der Waals surface area contributed by atoms with Gasteiger partial charge in [0.25, 0.3) is 5.91 Å². The first kappa shape index (κ1) is 19.4. The number of nitrogens with one attached hydrogen (secondary N) is 2. The molecule has 3 aromatic rings. The Morgan fingerprint density at radius 3 is 2.50 bits per heavy atom. The van der Waals surface area contributed by atoms with Crippen molar-refractivity contribution in [1.29, 1.82) is 0 Å². The molecule has 30 heavy (non-hydrogen) atoms. The molecule has 0 atom stereocenters. The summed E-state index contributed by atoms with van der Waals surface area (Å²) >= 11 is 0. The zero-order valence-corrected chi connectivity index (χ0v) is 16.5. The van der Waals surface area contributed by atoms with E-state index in [1.807, 2.05) is 36.4 Å². The fraction of sp³-hybridized carbons (Fsp3) is 0.182. The minimum Gasteiger partial charge on any atom is -0.497 e. The molecule has 2 amide bonds. The number of methoxy groups -OCH3 is 1. The summed E-state index contributed by atoms with van der Waals surface area (Å²) in [6.07, 6.45) is 4.93. The Kier molecular flexibility index (Phi) is 5.56. The van der Waals surface area contributed by atoms with Crippen molar-refractivity contribution in [3.63, 3.8) is 0 Å². The van der Waals surface area contributed by atoms with Crippen LogP contribution >= 0.6 is 0 Å². The molecule has 3 heterocycles. The molecule has 0 radical (unpaired) electrons. The van der Waals surface area contributed by atoms with Crippen LogP contribution in [0.1, 0.15) is 21.5 Å². The van der Waals surface area contributed by atoms with Gasteiger partial charge >= 0.3 is 0 Å². The number of ether oxygens (including phenoxy) is 1. The van der Waals surface area contributed by atoms with Gasteiger partial charge in [0.15, 0.2) is 0 Å². The molecule has 152 valence electrons. The van der Waals surface area contributed by atoms with E-state index in [2.05, 4.69) is 20.6 Å². The number of carbonyl (C=O) groups excluding carboxylic acids is 2. The third-order valence-corrected chi connectivity index (χ3v) is 4.77. The standard InChI is InChI=1S/C22H21N5O3/c1-30-18-4-2-15(3-5-18)13-27(14-16-6-8-23-9-7-16)22(29)17-10-19-21(24-11-17)25-12-20(28)26-19/h2-11H,12-14H2,1H3,(H,24,25)(H,26,28). The Balaban J connectivity index is 1.61. The summed E-state index contributed by atoms with van der Waals surface area (Å²) in [5.74, 6) is 0.966. The molecule has 2 aromatic heterocycles. The molecule has 0 saturated heterocycles. The Labute approximate surface area is 173 Å². The van der Waals surface area contributed by atoms with Crippen LogP contribution in [-0.2, 0) is 17.9 Å². The maximum Gasteiger partial charge on any atom is 0.256 e. The molecule has 1 aromatic carbocycles. The van der Waals surface area contributed by atoms with Gasteiger partial charge in [0, 0.05) is 31.7 Å². The predicted octanol–water partition coefficient (Wildman–Crippen LogP) is 2.69. The number of fused-ring (bicyclic) bond motifs is 1. The highest BCUT2D eigenvalue weighted by atomic mass is 16.5. The maximum atomic E-state index is 13.4. The third kappa shape index (κ3) is 4.38. The van der Waals surface area contributed by atoms with Crippen molar-refractivity contribution in [3.05, 3.63) is 77.7 Å². The van der Waals surface area contributed by atoms with Crippen molar-refractivity contribution in [2.45, 2.75) is 13.1 Å². The van der Waals surface area contributed by atoms with Crippen molar-refractivity contribution < 1.29 is 14.3 Å². The first-order chi connectivity index (χ1) is 14.6. The molecule has 0 unspecified atom stereocenters. The number of carbonyl (C=O) groups is 2. The van der Waals surface area contributed by atoms with Crippen LogP contribution in [0.4, 0.5) is 11.5 Å². The Bertz CT molecular complexity index is 1050. The number of nitrogens with zero attached hydrogens (tertiary/aromatic N) is 3. The lowest BCUT2D eigenvalue weighted by atomic mass is 10.1. The summed E-state index contributed by atoms with van der Waals surface area (Å²) in [7, 11) is 1.62. The number of hydrogen-bond acceptors (Lipinski definition) is 6. The van der Waals surface area contributed by atoms with Gasteiger partial charge in [-0.2, -0.15) is 0 Å². The lowest BCUT2D eigenvalue weighted by Crippen LogP contribution is -2.31. The van der Waals surface area contributed by atoms with Gasteiger partial charge in [0.05, 0.1) is 24.9 Å². The summed E-state index contributed by atoms with van der Waals surface area (Å²) in [5.41, 5.74) is 2.84. The van der Waals surface area contributed by atoms with E-state index in [-0.39, 0.29) is 18.4 Å². The lowest BCUT2D eigenvalue weighted by molar-refractivity contribution is -0.114. The molecule has 0 saturated carbocycles. The molecule has 2 N–H and O–H groups in total. The minimum absolute atomic E-state index is 0.166. The SMILES string of the molecule is COc1ccc(CN(Cc2ccncc2)C(=O)c2cnc3c(c2)NC(=O)CN3)cc1. The highest BCUT2D eigenvalue weighted by Crippen LogP contribution is 2.24. The number of aromatic nitrogens is 2. The van der Waals surface area contributed by atoms with Crippen LogP contribution in [-0.4, -0.2) is 40.3 Å². The molecule has 8 heteroatoms. The first-order valence-electron chi connectivity index (χ1n) is 9.47. The third-order valence-electron chi connectivity index (χ3n) is 4.77. The van der Waals surface area contributed by atoms with Crippen molar-refractivity contribution in [2.24, 2.45) is 0 Å². The zero-order chi connectivity index (χ0) is 20.9. The Morgan fingerprint density at radius 1 is 1.10 bits per heavy atom. The van der Waals surface area contributed by atoms with Gasteiger partial charge in [-0.1, -0.05) is 12.1 Å². The average Bonchev–Trinajstić information content (AvgIpc) is 2.79. The van der Waals surface area contributed by atoms with E-state index in [1.165, 1.54) is 6.20 Å². The molecule has 1 aliphatic rings. The number of anilines is 2. The van der Waals surface area contributed by atoms with Crippen molar-refractivity contribution in [3.8, 4) is 5.75 Å². The number of rotatable bonds is 6. The molecular formula is C22H21N5O3. The van der Waals surface area contributed by atoms with E-state index in [0.29, 0.717) is 30.2 Å². The van der Waals surface area contributed by atoms with Crippen LogP contribution in [0.5, 0.6) is 5.75 Å². The number of benzene rings is 1. The molecule has 1 aliphatic heterocycles. The van der Waals surface area contributed by atoms with Crippen LogP contribution in [0, 0.1) is 0 Å². The van der Waals surface area contributed by atoms with E-state index in [4.69, 9.17) is 4.74 Å². The van der Waals surface area contributed by atoms with Gasteiger partial charge in [-0.3, -0.25) is 14.6 Å². The fourth-order valence-corrected chi connectivity index (χ4v) is 3.22. The van der Waals surface area contributed by atoms with E-state index in [0.717, 1.165) is 16.9 Å². The second-order valence-corrected chi connectivity index (χ2v) is 6.89. The topological polar surface area (TPSA) is 96.4 Å². The number of amides is 2. The maximum absolute atomic E-state index is 13.4. The van der Waals surface area contributed by atoms with Crippen LogP contribution < -0.4 is 15.4 Å². The van der Waals surface area contributed by atoms with Crippen LogP contribution in [0.25, 0.3) is 0 Å². The largest absolute Gasteiger partial charge is 0.497 e. The van der Waals surface area contributed by atoms with Gasteiger partial charge < -0.3 is 20.3 Å². The van der Waals surface area contributed by atoms with Crippen molar-refractivity contribution in [2.75, 3.05) is 24.3 Å². The Hall–Kier alpha value is -3.94. The smallest absolute Gasteiger partial charge is 0.256 e. The van der Waals surface area contributed by atoms with Gasteiger partial charge in [-0.25, -0.2) is 4.98 Å². The monoisotopic (exact) mass is 403 g/mol. The van der Waals surface area contributed by atoms with E-state index in [1.54, 1.807) is 30.5 Å². The minimum atomic E-state index is -0.183. The quantitative estimate of drug-likeness (QED) is 0.657. The van der Waals surface area contributed by atoms with Crippen molar-refractivity contribution in [1.82, 2.24) is 14.9 Å². The lowest BCUT2D eigenvalue weighted by Gasteiger charge is -2.24. The highest BCUT2D eigenvalue weighted by Gasteiger charge is 2.21. The van der Waals surface area contributed by atoms with Gasteiger partial charge in [0.1, 0.15) is 11.6 Å². The van der Waals surface area contributed by atoms with Crippen LogP contribution in [0.3, 0.4) is 0 Å². The average molecular weight is 403 g/mol. The number of pyridine rings is 2.